The molecule has 230 valence electrons. The van der Waals surface area contributed by atoms with E-state index >= 15 is 4.79 Å². The molecule has 0 bridgehead atoms. The molecule has 1 spiro atoms. The number of esters is 1. The minimum absolute atomic E-state index is 0.0154. The fourth-order valence-corrected chi connectivity index (χ4v) is 11.6. The summed E-state index contributed by atoms with van der Waals surface area (Å²) >= 11 is 0. The van der Waals surface area contributed by atoms with Gasteiger partial charge < -0.3 is 9.47 Å². The predicted molar refractivity (Wildman–Crippen MR) is 185 cm³/mol. The van der Waals surface area contributed by atoms with Crippen molar-refractivity contribution in [1.82, 2.24) is 0 Å². The summed E-state index contributed by atoms with van der Waals surface area (Å²) in [5.41, 5.74) is -1.79. The number of methoxy groups -OCH3 is 2. The second-order valence-corrected chi connectivity index (χ2v) is 14.6. The number of ether oxygens (including phenoxy) is 2. The Morgan fingerprint density at radius 1 is 0.574 bits per heavy atom. The lowest BCUT2D eigenvalue weighted by molar-refractivity contribution is -0.135. The van der Waals surface area contributed by atoms with Gasteiger partial charge in [0.15, 0.2) is 22.8 Å². The minimum Gasteiger partial charge on any atom is -0.497 e. The van der Waals surface area contributed by atoms with Gasteiger partial charge in [0.25, 0.3) is 0 Å². The van der Waals surface area contributed by atoms with Crippen LogP contribution >= 0.6 is 6.89 Å². The van der Waals surface area contributed by atoms with E-state index in [1.165, 1.54) is 14.2 Å². The second-order valence-electron chi connectivity index (χ2n) is 11.3. The van der Waals surface area contributed by atoms with Gasteiger partial charge in [-0.1, -0.05) is 127 Å². The van der Waals surface area contributed by atoms with E-state index in [1.54, 1.807) is 48.5 Å². The second kappa shape index (κ2) is 11.7. The number of Topliss-reactive ketones (excluding diaryl/α,β-unsaturated/α-hetero) is 3. The number of carbonyl (C=O) groups excluding carboxylic acids is 4. The fourth-order valence-electron chi connectivity index (χ4n) is 7.08. The maximum Gasteiger partial charge on any atom is 0.339 e. The van der Waals surface area contributed by atoms with E-state index in [9.17, 15) is 14.4 Å². The van der Waals surface area contributed by atoms with E-state index < -0.39 is 35.6 Å². The normalized spacial score (nSPS) is 15.3. The van der Waals surface area contributed by atoms with Crippen LogP contribution in [-0.2, 0) is 14.3 Å². The van der Waals surface area contributed by atoms with Crippen LogP contribution < -0.4 is 20.7 Å². The topological polar surface area (TPSA) is 86.7 Å². The highest BCUT2D eigenvalue weighted by Crippen LogP contribution is 2.59. The lowest BCUT2D eigenvalue weighted by Gasteiger charge is -2.32. The van der Waals surface area contributed by atoms with Gasteiger partial charge in [0.05, 0.1) is 19.8 Å². The van der Waals surface area contributed by atoms with Crippen LogP contribution in [0, 0.1) is 5.41 Å². The Bertz CT molecular complexity index is 2040. The molecule has 0 heterocycles. The van der Waals surface area contributed by atoms with Gasteiger partial charge in [-0.3, -0.25) is 14.4 Å². The zero-order valence-corrected chi connectivity index (χ0v) is 26.6. The largest absolute Gasteiger partial charge is 0.497 e. The van der Waals surface area contributed by atoms with Gasteiger partial charge in [0.2, 0.25) is 0 Å². The maximum atomic E-state index is 15.8. The van der Waals surface area contributed by atoms with Crippen molar-refractivity contribution in [3.05, 3.63) is 162 Å². The minimum atomic E-state index is -3.31. The van der Waals surface area contributed by atoms with Gasteiger partial charge in [-0.15, -0.1) is 0 Å². The lowest BCUT2D eigenvalue weighted by atomic mass is 9.73. The highest BCUT2D eigenvalue weighted by atomic mass is 31.2. The first kappa shape index (κ1) is 30.1. The van der Waals surface area contributed by atoms with Crippen LogP contribution in [-0.4, -0.2) is 42.8 Å². The Kier molecular flexibility index (Phi) is 7.46. The van der Waals surface area contributed by atoms with Crippen molar-refractivity contribution < 1.29 is 28.7 Å². The van der Waals surface area contributed by atoms with Gasteiger partial charge in [0.1, 0.15) is 5.75 Å². The van der Waals surface area contributed by atoms with Crippen molar-refractivity contribution in [2.24, 2.45) is 5.41 Å². The Balaban J connectivity index is 1.80. The number of fused-ring (bicyclic) bond motifs is 1. The molecule has 0 unspecified atom stereocenters. The molecule has 5 aromatic rings. The zero-order chi connectivity index (χ0) is 32.8. The van der Waals surface area contributed by atoms with Crippen molar-refractivity contribution in [1.29, 1.82) is 0 Å². The van der Waals surface area contributed by atoms with Crippen molar-refractivity contribution in [3.63, 3.8) is 0 Å². The zero-order valence-electron chi connectivity index (χ0n) is 25.7. The number of allylic oxidation sites excluding steroid dienone is 1. The molecule has 2 aliphatic rings. The number of hydrogen-bond donors (Lipinski definition) is 0. The molecule has 47 heavy (non-hydrogen) atoms. The van der Waals surface area contributed by atoms with E-state index in [1.807, 2.05) is 91.0 Å². The molecule has 0 amide bonds. The smallest absolute Gasteiger partial charge is 0.339 e. The summed E-state index contributed by atoms with van der Waals surface area (Å²) in [6.07, 6.45) is 0. The average molecular weight is 637 g/mol. The summed E-state index contributed by atoms with van der Waals surface area (Å²) in [4.78, 5) is 59.9. The summed E-state index contributed by atoms with van der Waals surface area (Å²) < 4.78 is 11.0. The van der Waals surface area contributed by atoms with E-state index in [4.69, 9.17) is 9.47 Å². The van der Waals surface area contributed by atoms with E-state index in [0.29, 0.717) is 11.3 Å². The van der Waals surface area contributed by atoms with Crippen LogP contribution in [0.25, 0.3) is 5.57 Å². The Morgan fingerprint density at radius 2 is 1.04 bits per heavy atom. The molecule has 0 radical (unpaired) electrons. The summed E-state index contributed by atoms with van der Waals surface area (Å²) in [5, 5.41) is 2.43. The molecular weight excluding hydrogens is 607 g/mol. The molecule has 5 aromatic carbocycles. The van der Waals surface area contributed by atoms with Gasteiger partial charge in [0, 0.05) is 22.0 Å². The third-order valence-electron chi connectivity index (χ3n) is 9.03. The lowest BCUT2D eigenvalue weighted by Crippen LogP contribution is -2.44. The monoisotopic (exact) mass is 636 g/mol. The number of benzene rings is 5. The van der Waals surface area contributed by atoms with E-state index in [-0.39, 0.29) is 27.6 Å². The summed E-state index contributed by atoms with van der Waals surface area (Å²) in [7, 11) is 2.74. The van der Waals surface area contributed by atoms with Gasteiger partial charge in [-0.2, -0.15) is 0 Å². The molecule has 6 nitrogen and oxygen atoms in total. The van der Waals surface area contributed by atoms with Crippen LogP contribution in [0.1, 0.15) is 26.3 Å². The quantitative estimate of drug-likeness (QED) is 0.140. The number of ketones is 3. The maximum absolute atomic E-state index is 15.8. The average Bonchev–Trinajstić information content (AvgIpc) is 3.54. The Hall–Kier alpha value is -5.58. The van der Waals surface area contributed by atoms with Crippen molar-refractivity contribution in [2.45, 2.75) is 0 Å². The predicted octanol–water partition coefficient (Wildman–Crippen LogP) is 5.44. The van der Waals surface area contributed by atoms with Gasteiger partial charge in [-0.25, -0.2) is 4.79 Å². The van der Waals surface area contributed by atoms with Crippen molar-refractivity contribution in [2.75, 3.05) is 14.2 Å². The van der Waals surface area contributed by atoms with Crippen LogP contribution in [0.4, 0.5) is 0 Å². The number of hydrogen-bond acceptors (Lipinski definition) is 6. The van der Waals surface area contributed by atoms with E-state index in [2.05, 4.69) is 0 Å². The molecule has 7 heteroatoms. The first-order chi connectivity index (χ1) is 22.9. The van der Waals surface area contributed by atoms with Gasteiger partial charge in [-0.05, 0) is 40.5 Å². The molecule has 0 atom stereocenters. The first-order valence-corrected chi connectivity index (χ1v) is 16.9. The highest BCUT2D eigenvalue weighted by molar-refractivity contribution is 7.97. The third kappa shape index (κ3) is 4.18. The van der Waals surface area contributed by atoms with Gasteiger partial charge >= 0.3 is 5.97 Å². The highest BCUT2D eigenvalue weighted by Gasteiger charge is 2.67. The third-order valence-corrected chi connectivity index (χ3v) is 13.3. The molecular formula is C40H29O6P. The molecule has 0 fully saturated rings. The SMILES string of the molecule is COC(=O)C1=C(c2cccc(OC)c2)C2(C(=O)C1=P(c1ccccc1)(c1ccccc1)c1ccccc1)C(=O)c1ccccc1C2=O. The van der Waals surface area contributed by atoms with Crippen molar-refractivity contribution >= 4 is 57.0 Å². The summed E-state index contributed by atoms with van der Waals surface area (Å²) in [6, 6.07) is 41.8. The van der Waals surface area contributed by atoms with Crippen LogP contribution in [0.2, 0.25) is 0 Å². The van der Waals surface area contributed by atoms with Crippen LogP contribution in [0.15, 0.2) is 145 Å². The summed E-state index contributed by atoms with van der Waals surface area (Å²) in [5.74, 6) is -2.42. The Labute approximate surface area is 272 Å². The van der Waals surface area contributed by atoms with E-state index in [0.717, 1.165) is 15.9 Å². The molecule has 0 saturated heterocycles. The molecule has 0 aliphatic heterocycles. The molecule has 2 aliphatic carbocycles. The van der Waals surface area contributed by atoms with Crippen molar-refractivity contribution in [3.8, 4) is 5.75 Å². The molecule has 0 saturated carbocycles. The standard InChI is InChI=1S/C40H29O6P/c1-45-27-16-14-15-26(25-27)34-33(39(44)46-2)35(38(43)40(34)36(41)31-23-12-13-24-32(31)37(40)42)47(28-17-6-3-7-18-28,29-19-8-4-9-20-29)30-21-10-5-11-22-30/h3-25H,1-2H3. The summed E-state index contributed by atoms with van der Waals surface area (Å²) in [6.45, 7) is -3.31. The van der Waals surface area contributed by atoms with Crippen LogP contribution in [0.3, 0.4) is 0 Å². The molecule has 0 aromatic heterocycles. The van der Waals surface area contributed by atoms with Crippen LogP contribution in [0.5, 0.6) is 5.75 Å². The molecule has 0 N–H and O–H groups in total. The number of carbonyl (C=O) groups is 4. The molecule has 7 rings (SSSR count). The number of rotatable bonds is 6. The Morgan fingerprint density at radius 3 is 1.49 bits per heavy atom. The fraction of sp³-hybridized carbons (Fsp3) is 0.0750. The first-order valence-electron chi connectivity index (χ1n) is 15.1.